The highest BCUT2D eigenvalue weighted by molar-refractivity contribution is 7.99. The Labute approximate surface area is 143 Å². The highest BCUT2D eigenvalue weighted by Crippen LogP contribution is 2.34. The number of nitrogens with zero attached hydrogens (tertiary/aromatic N) is 2. The minimum atomic E-state index is -0.171. The second kappa shape index (κ2) is 7.57. The molecule has 0 radical (unpaired) electrons. The second-order valence-corrected chi connectivity index (χ2v) is 6.71. The van der Waals surface area contributed by atoms with Crippen molar-refractivity contribution in [3.8, 4) is 10.4 Å². The van der Waals surface area contributed by atoms with E-state index >= 15 is 0 Å². The monoisotopic (exact) mass is 344 g/mol. The largest absolute Gasteiger partial charge is 0.466 e. The fraction of sp³-hybridized carbons (Fsp3) is 0.235. The topological polar surface area (TPSA) is 52.1 Å². The highest BCUT2D eigenvalue weighted by atomic mass is 32.2. The maximum Gasteiger partial charge on any atom is 0.306 e. The number of carbonyl (C=O) groups is 1. The molecule has 2 aromatic carbocycles. The Morgan fingerprint density at radius 1 is 1.22 bits per heavy atom. The van der Waals surface area contributed by atoms with Gasteiger partial charge in [-0.05, 0) is 40.9 Å². The highest BCUT2D eigenvalue weighted by Gasteiger charge is 2.12. The Morgan fingerprint density at radius 2 is 2.04 bits per heavy atom. The van der Waals surface area contributed by atoms with Gasteiger partial charge in [0.2, 0.25) is 0 Å². The van der Waals surface area contributed by atoms with Gasteiger partial charge in [0.05, 0.1) is 17.9 Å². The zero-order valence-corrected chi connectivity index (χ0v) is 14.3. The van der Waals surface area contributed by atoms with E-state index < -0.39 is 0 Å². The van der Waals surface area contributed by atoms with E-state index in [0.717, 1.165) is 15.5 Å². The molecule has 4 nitrogen and oxygen atoms in total. The summed E-state index contributed by atoms with van der Waals surface area (Å²) in [6.07, 6.45) is 0.382. The van der Waals surface area contributed by atoms with Crippen molar-refractivity contribution >= 4 is 40.0 Å². The van der Waals surface area contributed by atoms with Gasteiger partial charge in [0.15, 0.2) is 0 Å². The average molecular weight is 344 g/mol. The zero-order chi connectivity index (χ0) is 16.1. The van der Waals surface area contributed by atoms with Crippen molar-refractivity contribution in [3.05, 3.63) is 42.5 Å². The number of benzene rings is 2. The van der Waals surface area contributed by atoms with Crippen molar-refractivity contribution in [2.24, 2.45) is 0 Å². The lowest BCUT2D eigenvalue weighted by Gasteiger charge is -2.04. The molecular formula is C17H16N2O2S2. The lowest BCUT2D eigenvalue weighted by Crippen LogP contribution is -2.04. The molecule has 0 atom stereocenters. The van der Waals surface area contributed by atoms with Crippen LogP contribution >= 0.6 is 23.3 Å². The van der Waals surface area contributed by atoms with Gasteiger partial charge in [0, 0.05) is 5.75 Å². The van der Waals surface area contributed by atoms with Crippen LogP contribution in [0.5, 0.6) is 0 Å². The van der Waals surface area contributed by atoms with Gasteiger partial charge in [-0.2, -0.15) is 0 Å². The van der Waals surface area contributed by atoms with E-state index in [-0.39, 0.29) is 5.97 Å². The predicted molar refractivity (Wildman–Crippen MR) is 94.8 cm³/mol. The van der Waals surface area contributed by atoms with E-state index in [9.17, 15) is 4.79 Å². The number of rotatable bonds is 6. The van der Waals surface area contributed by atoms with Crippen LogP contribution in [0, 0.1) is 0 Å². The number of ether oxygens (including phenoxy) is 1. The molecule has 6 heteroatoms. The van der Waals surface area contributed by atoms with Crippen molar-refractivity contribution in [1.29, 1.82) is 0 Å². The Bertz CT molecular complexity index is 817. The predicted octanol–water partition coefficient (Wildman–Crippen LogP) is 4.40. The fourth-order valence-electron chi connectivity index (χ4n) is 2.25. The molecule has 3 aromatic rings. The molecule has 0 N–H and O–H groups in total. The van der Waals surface area contributed by atoms with E-state index in [1.165, 1.54) is 22.3 Å². The van der Waals surface area contributed by atoms with Crippen LogP contribution in [0.1, 0.15) is 13.3 Å². The molecule has 0 unspecified atom stereocenters. The van der Waals surface area contributed by atoms with Crippen LogP contribution in [0.15, 0.2) is 47.5 Å². The van der Waals surface area contributed by atoms with Crippen molar-refractivity contribution in [1.82, 2.24) is 9.59 Å². The molecule has 118 valence electrons. The maximum absolute atomic E-state index is 11.4. The number of thioether (sulfide) groups is 1. The number of esters is 1. The molecule has 23 heavy (non-hydrogen) atoms. The summed E-state index contributed by atoms with van der Waals surface area (Å²) in [6.45, 7) is 2.23. The van der Waals surface area contributed by atoms with Crippen LogP contribution < -0.4 is 0 Å². The van der Waals surface area contributed by atoms with Crippen LogP contribution in [-0.4, -0.2) is 27.9 Å². The third-order valence-corrected chi connectivity index (χ3v) is 5.19. The van der Waals surface area contributed by atoms with Gasteiger partial charge in [0.1, 0.15) is 5.03 Å². The molecule has 0 aliphatic rings. The lowest BCUT2D eigenvalue weighted by atomic mass is 10.1. The Balaban J connectivity index is 1.75. The number of hydrogen-bond acceptors (Lipinski definition) is 6. The Hall–Kier alpha value is -1.92. The molecule has 3 rings (SSSR count). The first-order valence-electron chi connectivity index (χ1n) is 7.38. The van der Waals surface area contributed by atoms with Crippen LogP contribution in [0.25, 0.3) is 21.2 Å². The molecule has 0 aliphatic carbocycles. The number of aromatic nitrogens is 2. The van der Waals surface area contributed by atoms with Crippen LogP contribution in [0.2, 0.25) is 0 Å². The Morgan fingerprint density at radius 3 is 2.87 bits per heavy atom. The molecule has 0 spiro atoms. The average Bonchev–Trinajstić information content (AvgIpc) is 3.03. The molecule has 0 saturated carbocycles. The normalized spacial score (nSPS) is 10.8. The molecule has 0 fully saturated rings. The van der Waals surface area contributed by atoms with Gasteiger partial charge in [-0.25, -0.2) is 0 Å². The number of carbonyl (C=O) groups excluding carboxylic acids is 1. The van der Waals surface area contributed by atoms with Crippen LogP contribution in [0.4, 0.5) is 0 Å². The van der Waals surface area contributed by atoms with Gasteiger partial charge < -0.3 is 4.74 Å². The van der Waals surface area contributed by atoms with Gasteiger partial charge in [-0.1, -0.05) is 40.9 Å². The SMILES string of the molecule is CCOC(=O)CCSc1nnsc1-c1ccc2ccccc2c1. The number of fused-ring (bicyclic) bond motifs is 1. The quantitative estimate of drug-likeness (QED) is 0.490. The summed E-state index contributed by atoms with van der Waals surface area (Å²) in [6, 6.07) is 14.6. The smallest absolute Gasteiger partial charge is 0.306 e. The van der Waals surface area contributed by atoms with Crippen LogP contribution in [0.3, 0.4) is 0 Å². The summed E-state index contributed by atoms with van der Waals surface area (Å²) in [7, 11) is 0. The fourth-order valence-corrected chi connectivity index (χ4v) is 3.95. The van der Waals surface area contributed by atoms with E-state index in [2.05, 4.69) is 39.9 Å². The molecule has 1 aromatic heterocycles. The number of hydrogen-bond donors (Lipinski definition) is 0. The van der Waals surface area contributed by atoms with E-state index in [4.69, 9.17) is 4.74 Å². The maximum atomic E-state index is 11.4. The molecule has 0 aliphatic heterocycles. The first-order chi connectivity index (χ1) is 11.3. The lowest BCUT2D eigenvalue weighted by molar-refractivity contribution is -0.142. The minimum absolute atomic E-state index is 0.171. The van der Waals surface area contributed by atoms with Gasteiger partial charge >= 0.3 is 5.97 Å². The zero-order valence-electron chi connectivity index (χ0n) is 12.7. The summed E-state index contributed by atoms with van der Waals surface area (Å²) in [5, 5.41) is 7.47. The second-order valence-electron chi connectivity index (χ2n) is 4.87. The van der Waals surface area contributed by atoms with Crippen molar-refractivity contribution < 1.29 is 9.53 Å². The van der Waals surface area contributed by atoms with Gasteiger partial charge in [0.25, 0.3) is 0 Å². The summed E-state index contributed by atoms with van der Waals surface area (Å²) >= 11 is 2.93. The molecule has 0 amide bonds. The van der Waals surface area contributed by atoms with E-state index in [1.54, 1.807) is 11.8 Å². The molecule has 0 saturated heterocycles. The van der Waals surface area contributed by atoms with Gasteiger partial charge in [-0.3, -0.25) is 4.79 Å². The molecular weight excluding hydrogens is 328 g/mol. The van der Waals surface area contributed by atoms with Crippen molar-refractivity contribution in [2.75, 3.05) is 12.4 Å². The van der Waals surface area contributed by atoms with Crippen molar-refractivity contribution in [3.63, 3.8) is 0 Å². The summed E-state index contributed by atoms with van der Waals surface area (Å²) in [5.74, 6) is 0.473. The summed E-state index contributed by atoms with van der Waals surface area (Å²) in [4.78, 5) is 12.4. The van der Waals surface area contributed by atoms with E-state index in [1.807, 2.05) is 19.1 Å². The summed E-state index contributed by atoms with van der Waals surface area (Å²) < 4.78 is 9.01. The first-order valence-corrected chi connectivity index (χ1v) is 9.14. The minimum Gasteiger partial charge on any atom is -0.466 e. The molecule has 0 bridgehead atoms. The van der Waals surface area contributed by atoms with Gasteiger partial charge in [-0.15, -0.1) is 16.9 Å². The van der Waals surface area contributed by atoms with Crippen molar-refractivity contribution in [2.45, 2.75) is 18.4 Å². The first kappa shape index (κ1) is 16.0. The standard InChI is InChI=1S/C17H16N2O2S2/c1-2-21-15(20)9-10-22-17-16(23-19-18-17)14-8-7-12-5-3-4-6-13(12)11-14/h3-8,11H,2,9-10H2,1H3. The Kier molecular flexibility index (Phi) is 5.25. The van der Waals surface area contributed by atoms with Crippen LogP contribution in [-0.2, 0) is 9.53 Å². The third kappa shape index (κ3) is 3.89. The molecule has 1 heterocycles. The summed E-state index contributed by atoms with van der Waals surface area (Å²) in [5.41, 5.74) is 1.11. The van der Waals surface area contributed by atoms with E-state index in [0.29, 0.717) is 18.8 Å². The third-order valence-electron chi connectivity index (χ3n) is 3.32.